The maximum atomic E-state index is 3.67. The Morgan fingerprint density at radius 1 is 0.312 bits per heavy atom. The van der Waals surface area contributed by atoms with E-state index in [0.717, 1.165) is 17.1 Å². The summed E-state index contributed by atoms with van der Waals surface area (Å²) in [7, 11) is 0. The van der Waals surface area contributed by atoms with Crippen LogP contribution < -0.4 is 10.6 Å². The molecular formula is C44H30N2S2. The first-order chi connectivity index (χ1) is 23.8. The van der Waals surface area contributed by atoms with Crippen LogP contribution in [0.4, 0.5) is 22.7 Å². The molecule has 0 spiro atoms. The van der Waals surface area contributed by atoms with Gasteiger partial charge in [-0.1, -0.05) is 109 Å². The van der Waals surface area contributed by atoms with Gasteiger partial charge in [0.25, 0.3) is 0 Å². The van der Waals surface area contributed by atoms with E-state index in [1.165, 1.54) is 67.6 Å². The molecule has 4 heteroatoms. The summed E-state index contributed by atoms with van der Waals surface area (Å²) in [6.07, 6.45) is 0. The number of benzene rings is 8. The molecule has 8 aromatic carbocycles. The van der Waals surface area contributed by atoms with Crippen molar-refractivity contribution >= 4 is 107 Å². The zero-order valence-corrected chi connectivity index (χ0v) is 27.6. The van der Waals surface area contributed by atoms with Gasteiger partial charge in [-0.15, -0.1) is 22.7 Å². The summed E-state index contributed by atoms with van der Waals surface area (Å²) in [4.78, 5) is 0. The van der Waals surface area contributed by atoms with Crippen molar-refractivity contribution in [3.63, 3.8) is 0 Å². The molecule has 0 atom stereocenters. The van der Waals surface area contributed by atoms with E-state index in [-0.39, 0.29) is 0 Å². The van der Waals surface area contributed by atoms with Crippen LogP contribution >= 0.6 is 22.7 Å². The number of fused-ring (bicyclic) bond motifs is 8. The van der Waals surface area contributed by atoms with Crippen molar-refractivity contribution < 1.29 is 0 Å². The molecule has 0 fully saturated rings. The van der Waals surface area contributed by atoms with E-state index in [1.54, 1.807) is 0 Å². The third kappa shape index (κ3) is 5.31. The van der Waals surface area contributed by atoms with E-state index < -0.39 is 0 Å². The van der Waals surface area contributed by atoms with Crippen LogP contribution in [0.25, 0.3) is 61.9 Å². The van der Waals surface area contributed by atoms with Crippen molar-refractivity contribution in [2.24, 2.45) is 0 Å². The summed E-state index contributed by atoms with van der Waals surface area (Å²) in [5, 5.41) is 17.6. The number of anilines is 4. The SMILES string of the molecule is c1ccc(Nc2c3ccccc3cc3sc4ccccc4c23)cc1.c1ccc(Nc2ccc3c(c2)sc2cc4ccccc4cc23)cc1. The Balaban J connectivity index is 0.000000131. The Hall–Kier alpha value is -5.68. The Morgan fingerprint density at radius 2 is 0.875 bits per heavy atom. The molecule has 2 heterocycles. The van der Waals surface area contributed by atoms with Gasteiger partial charge in [-0.3, -0.25) is 0 Å². The first kappa shape index (κ1) is 28.5. The molecule has 2 N–H and O–H groups in total. The maximum absolute atomic E-state index is 3.67. The molecular weight excluding hydrogens is 621 g/mol. The van der Waals surface area contributed by atoms with Gasteiger partial charge in [0.05, 0.1) is 5.69 Å². The summed E-state index contributed by atoms with van der Waals surface area (Å²) in [6, 6.07) is 60.1. The van der Waals surface area contributed by atoms with Gasteiger partial charge >= 0.3 is 0 Å². The van der Waals surface area contributed by atoms with Crippen molar-refractivity contribution in [1.29, 1.82) is 0 Å². The van der Waals surface area contributed by atoms with Crippen LogP contribution in [0.15, 0.2) is 170 Å². The normalized spacial score (nSPS) is 11.3. The van der Waals surface area contributed by atoms with Gasteiger partial charge in [-0.05, 0) is 76.8 Å². The summed E-state index contributed by atoms with van der Waals surface area (Å²) >= 11 is 3.72. The second-order valence-corrected chi connectivity index (χ2v) is 14.1. The molecule has 2 aromatic heterocycles. The van der Waals surface area contributed by atoms with Crippen LogP contribution in [-0.4, -0.2) is 0 Å². The molecule has 0 amide bonds. The minimum atomic E-state index is 1.11. The minimum absolute atomic E-state index is 1.11. The standard InChI is InChI=1S/2C22H15NS/c1-2-9-16(10-3-1)23-22-17-11-5-4-8-15(17)14-20-21(22)18-12-6-7-13-19(18)24-20;1-2-8-17(9-3-1)23-18-10-11-19-20-12-15-6-4-5-7-16(15)13-21(20)24-22(19)14-18/h2*1-14,23H. The molecule has 10 rings (SSSR count). The van der Waals surface area contributed by atoms with E-state index in [0.29, 0.717) is 0 Å². The zero-order valence-electron chi connectivity index (χ0n) is 26.0. The maximum Gasteiger partial charge on any atom is 0.0558 e. The molecule has 0 saturated carbocycles. The van der Waals surface area contributed by atoms with E-state index in [4.69, 9.17) is 0 Å². The molecule has 0 radical (unpaired) electrons. The molecule has 2 nitrogen and oxygen atoms in total. The lowest BCUT2D eigenvalue weighted by molar-refractivity contribution is 1.57. The highest BCUT2D eigenvalue weighted by Gasteiger charge is 2.13. The van der Waals surface area contributed by atoms with Crippen molar-refractivity contribution in [3.8, 4) is 0 Å². The van der Waals surface area contributed by atoms with Crippen molar-refractivity contribution in [2.45, 2.75) is 0 Å². The van der Waals surface area contributed by atoms with Crippen molar-refractivity contribution in [1.82, 2.24) is 0 Å². The summed E-state index contributed by atoms with van der Waals surface area (Å²) in [5.74, 6) is 0. The van der Waals surface area contributed by atoms with Gasteiger partial charge < -0.3 is 10.6 Å². The Morgan fingerprint density at radius 3 is 1.65 bits per heavy atom. The van der Waals surface area contributed by atoms with Crippen LogP contribution in [0, 0.1) is 0 Å². The average molecular weight is 651 g/mol. The molecule has 10 aromatic rings. The first-order valence-electron chi connectivity index (χ1n) is 16.1. The highest BCUT2D eigenvalue weighted by atomic mass is 32.1. The number of hydrogen-bond donors (Lipinski definition) is 2. The van der Waals surface area contributed by atoms with E-state index in [2.05, 4.69) is 156 Å². The fourth-order valence-corrected chi connectivity index (χ4v) is 8.91. The molecule has 0 saturated heterocycles. The van der Waals surface area contributed by atoms with Crippen molar-refractivity contribution in [3.05, 3.63) is 170 Å². The smallest absolute Gasteiger partial charge is 0.0558 e. The second-order valence-electron chi connectivity index (χ2n) is 11.9. The van der Waals surface area contributed by atoms with Crippen LogP contribution in [0.2, 0.25) is 0 Å². The van der Waals surface area contributed by atoms with Crippen LogP contribution in [0.3, 0.4) is 0 Å². The predicted octanol–water partition coefficient (Wildman–Crippen LogP) is 13.9. The lowest BCUT2D eigenvalue weighted by Crippen LogP contribution is -1.92. The Labute approximate surface area is 286 Å². The molecule has 48 heavy (non-hydrogen) atoms. The number of thiophene rings is 2. The van der Waals surface area contributed by atoms with E-state index >= 15 is 0 Å². The Bertz CT molecular complexity index is 2730. The topological polar surface area (TPSA) is 24.1 Å². The number of hydrogen-bond acceptors (Lipinski definition) is 4. The lowest BCUT2D eigenvalue weighted by Gasteiger charge is -2.12. The molecule has 228 valence electrons. The Kier molecular flexibility index (Phi) is 7.23. The first-order valence-corrected chi connectivity index (χ1v) is 17.7. The molecule has 0 unspecified atom stereocenters. The summed E-state index contributed by atoms with van der Waals surface area (Å²) in [5.41, 5.74) is 4.56. The van der Waals surface area contributed by atoms with Gasteiger partial charge in [0.15, 0.2) is 0 Å². The van der Waals surface area contributed by atoms with Gasteiger partial charge in [-0.2, -0.15) is 0 Å². The largest absolute Gasteiger partial charge is 0.355 e. The van der Waals surface area contributed by atoms with Gasteiger partial charge in [-0.25, -0.2) is 0 Å². The van der Waals surface area contributed by atoms with E-state index in [9.17, 15) is 0 Å². The molecule has 0 aliphatic carbocycles. The van der Waals surface area contributed by atoms with Crippen molar-refractivity contribution in [2.75, 3.05) is 10.6 Å². The van der Waals surface area contributed by atoms with Gasteiger partial charge in [0, 0.05) is 62.8 Å². The molecule has 0 aliphatic rings. The van der Waals surface area contributed by atoms with Gasteiger partial charge in [0.2, 0.25) is 0 Å². The fraction of sp³-hybridized carbons (Fsp3) is 0. The number of nitrogens with one attached hydrogen (secondary N) is 2. The lowest BCUT2D eigenvalue weighted by atomic mass is 10.0. The van der Waals surface area contributed by atoms with E-state index in [1.807, 2.05) is 46.9 Å². The summed E-state index contributed by atoms with van der Waals surface area (Å²) in [6.45, 7) is 0. The highest BCUT2D eigenvalue weighted by Crippen LogP contribution is 2.43. The minimum Gasteiger partial charge on any atom is -0.355 e. The monoisotopic (exact) mass is 650 g/mol. The number of rotatable bonds is 4. The second kappa shape index (κ2) is 12.2. The zero-order chi connectivity index (χ0) is 31.9. The average Bonchev–Trinajstić information content (AvgIpc) is 3.68. The molecule has 0 bridgehead atoms. The third-order valence-corrected chi connectivity index (χ3v) is 11.1. The quantitative estimate of drug-likeness (QED) is 0.198. The molecule has 0 aliphatic heterocycles. The van der Waals surface area contributed by atoms with Gasteiger partial charge in [0.1, 0.15) is 0 Å². The van der Waals surface area contributed by atoms with Crippen LogP contribution in [0.1, 0.15) is 0 Å². The number of para-hydroxylation sites is 2. The van der Waals surface area contributed by atoms with Crippen LogP contribution in [-0.2, 0) is 0 Å². The highest BCUT2D eigenvalue weighted by molar-refractivity contribution is 7.26. The fourth-order valence-electron chi connectivity index (χ4n) is 6.57. The predicted molar refractivity (Wildman–Crippen MR) is 213 cm³/mol. The third-order valence-electron chi connectivity index (χ3n) is 8.83. The summed E-state index contributed by atoms with van der Waals surface area (Å²) < 4.78 is 5.33. The van der Waals surface area contributed by atoms with Crippen LogP contribution in [0.5, 0.6) is 0 Å².